The maximum atomic E-state index is 12.2. The zero-order chi connectivity index (χ0) is 16.2. The molecule has 7 heteroatoms. The Hall–Kier alpha value is -1.11. The fourth-order valence-electron chi connectivity index (χ4n) is 2.44. The third-order valence-corrected chi connectivity index (χ3v) is 6.08. The number of benzene rings is 1. The van der Waals surface area contributed by atoms with Gasteiger partial charge in [0.15, 0.2) is 9.84 Å². The molecule has 0 aliphatic carbocycles. The quantitative estimate of drug-likeness (QED) is 0.846. The standard InChI is InChI=1S/C16H24N2O3S.ClH/c1-12(2)22(20,21)11-13-6-5-7-14(10-13)18-16(19)15-8-3-4-9-17-15;/h5-7,10,12,15,17H,3-4,8-9,11H2,1-2H3,(H,18,19);1H. The van der Waals surface area contributed by atoms with Gasteiger partial charge in [-0.3, -0.25) is 4.79 Å². The molecule has 1 fully saturated rings. The summed E-state index contributed by atoms with van der Waals surface area (Å²) in [7, 11) is -3.14. The van der Waals surface area contributed by atoms with E-state index in [-0.39, 0.29) is 30.1 Å². The average Bonchev–Trinajstić information content (AvgIpc) is 2.48. The second kappa shape index (κ2) is 8.66. The smallest absolute Gasteiger partial charge is 0.241 e. The molecule has 1 saturated heterocycles. The summed E-state index contributed by atoms with van der Waals surface area (Å²) in [5.74, 6) is -0.0562. The fourth-order valence-corrected chi connectivity index (χ4v) is 3.42. The van der Waals surface area contributed by atoms with E-state index in [1.54, 1.807) is 38.1 Å². The summed E-state index contributed by atoms with van der Waals surface area (Å²) < 4.78 is 24.0. The molecule has 0 saturated carbocycles. The maximum absolute atomic E-state index is 12.2. The SMILES string of the molecule is CC(C)S(=O)(=O)Cc1cccc(NC(=O)C2CCCCN2)c1.Cl. The molecule has 1 aromatic carbocycles. The Morgan fingerprint density at radius 3 is 2.70 bits per heavy atom. The van der Waals surface area contributed by atoms with Gasteiger partial charge in [-0.25, -0.2) is 8.42 Å². The van der Waals surface area contributed by atoms with Crippen molar-refractivity contribution in [2.24, 2.45) is 0 Å². The third kappa shape index (κ3) is 5.79. The van der Waals surface area contributed by atoms with Crippen LogP contribution in [0.15, 0.2) is 24.3 Å². The molecule has 1 heterocycles. The van der Waals surface area contributed by atoms with Gasteiger partial charge in [0.1, 0.15) is 0 Å². The van der Waals surface area contributed by atoms with E-state index in [2.05, 4.69) is 10.6 Å². The van der Waals surface area contributed by atoms with Crippen molar-refractivity contribution in [1.82, 2.24) is 5.32 Å². The molecule has 1 amide bonds. The van der Waals surface area contributed by atoms with Crippen molar-refractivity contribution in [1.29, 1.82) is 0 Å². The summed E-state index contributed by atoms with van der Waals surface area (Å²) >= 11 is 0. The zero-order valence-electron chi connectivity index (χ0n) is 13.5. The van der Waals surface area contributed by atoms with Gasteiger partial charge in [0, 0.05) is 5.69 Å². The van der Waals surface area contributed by atoms with E-state index in [4.69, 9.17) is 0 Å². The summed E-state index contributed by atoms with van der Waals surface area (Å²) in [4.78, 5) is 12.2. The van der Waals surface area contributed by atoms with Crippen molar-refractivity contribution in [2.45, 2.75) is 50.2 Å². The highest BCUT2D eigenvalue weighted by Gasteiger charge is 2.21. The first-order valence-electron chi connectivity index (χ1n) is 7.73. The van der Waals surface area contributed by atoms with Gasteiger partial charge in [-0.1, -0.05) is 18.6 Å². The number of hydrogen-bond donors (Lipinski definition) is 2. The van der Waals surface area contributed by atoms with Crippen LogP contribution in [0.3, 0.4) is 0 Å². The molecule has 0 spiro atoms. The molecule has 1 atom stereocenters. The van der Waals surface area contributed by atoms with Gasteiger partial charge in [0.25, 0.3) is 0 Å². The Bertz CT molecular complexity index is 626. The van der Waals surface area contributed by atoms with Gasteiger partial charge in [-0.05, 0) is 50.9 Å². The molecular weight excluding hydrogens is 336 g/mol. The number of rotatable bonds is 5. The molecule has 2 N–H and O–H groups in total. The highest BCUT2D eigenvalue weighted by molar-refractivity contribution is 7.91. The topological polar surface area (TPSA) is 75.3 Å². The zero-order valence-corrected chi connectivity index (χ0v) is 15.2. The van der Waals surface area contributed by atoms with Gasteiger partial charge >= 0.3 is 0 Å². The van der Waals surface area contributed by atoms with E-state index in [9.17, 15) is 13.2 Å². The Kier molecular flexibility index (Phi) is 7.51. The van der Waals surface area contributed by atoms with Crippen LogP contribution in [0.1, 0.15) is 38.7 Å². The first-order valence-corrected chi connectivity index (χ1v) is 9.45. The average molecular weight is 361 g/mol. The predicted molar refractivity (Wildman–Crippen MR) is 95.7 cm³/mol. The van der Waals surface area contributed by atoms with E-state index in [1.165, 1.54) is 0 Å². The molecule has 1 unspecified atom stereocenters. The Morgan fingerprint density at radius 2 is 2.09 bits per heavy atom. The van der Waals surface area contributed by atoms with Crippen LogP contribution in [0.5, 0.6) is 0 Å². The summed E-state index contributed by atoms with van der Waals surface area (Å²) in [6.45, 7) is 4.22. The van der Waals surface area contributed by atoms with Crippen molar-refractivity contribution in [2.75, 3.05) is 11.9 Å². The third-order valence-electron chi connectivity index (χ3n) is 3.91. The number of carbonyl (C=O) groups is 1. The number of anilines is 1. The largest absolute Gasteiger partial charge is 0.325 e. The van der Waals surface area contributed by atoms with Crippen molar-refractivity contribution < 1.29 is 13.2 Å². The Balaban J connectivity index is 0.00000264. The second-order valence-electron chi connectivity index (χ2n) is 6.05. The lowest BCUT2D eigenvalue weighted by Gasteiger charge is -2.22. The molecule has 1 aliphatic heterocycles. The summed E-state index contributed by atoms with van der Waals surface area (Å²) in [6, 6.07) is 6.91. The maximum Gasteiger partial charge on any atom is 0.241 e. The summed E-state index contributed by atoms with van der Waals surface area (Å²) in [6.07, 6.45) is 3.00. The van der Waals surface area contributed by atoms with Crippen molar-refractivity contribution in [3.05, 3.63) is 29.8 Å². The van der Waals surface area contributed by atoms with Gasteiger partial charge in [-0.2, -0.15) is 0 Å². The lowest BCUT2D eigenvalue weighted by atomic mass is 10.0. The van der Waals surface area contributed by atoms with Crippen LogP contribution in [0.2, 0.25) is 0 Å². The number of nitrogens with one attached hydrogen (secondary N) is 2. The molecule has 0 aromatic heterocycles. The molecule has 5 nitrogen and oxygen atoms in total. The van der Waals surface area contributed by atoms with Crippen LogP contribution >= 0.6 is 12.4 Å². The van der Waals surface area contributed by atoms with E-state index < -0.39 is 15.1 Å². The number of hydrogen-bond acceptors (Lipinski definition) is 4. The summed E-state index contributed by atoms with van der Waals surface area (Å²) in [5, 5.41) is 5.66. The van der Waals surface area contributed by atoms with Crippen LogP contribution in [-0.4, -0.2) is 32.2 Å². The number of sulfone groups is 1. The molecular formula is C16H25ClN2O3S. The van der Waals surface area contributed by atoms with Gasteiger partial charge < -0.3 is 10.6 Å². The number of carbonyl (C=O) groups excluding carboxylic acids is 1. The van der Waals surface area contributed by atoms with E-state index in [0.717, 1.165) is 25.8 Å². The first-order chi connectivity index (χ1) is 10.4. The van der Waals surface area contributed by atoms with Crippen LogP contribution in [0.25, 0.3) is 0 Å². The van der Waals surface area contributed by atoms with Crippen LogP contribution in [0.4, 0.5) is 5.69 Å². The molecule has 1 aromatic rings. The van der Waals surface area contributed by atoms with E-state index in [1.807, 2.05) is 0 Å². The lowest BCUT2D eigenvalue weighted by Crippen LogP contribution is -2.43. The van der Waals surface area contributed by atoms with Crippen LogP contribution < -0.4 is 10.6 Å². The molecule has 23 heavy (non-hydrogen) atoms. The molecule has 0 bridgehead atoms. The number of amides is 1. The number of halogens is 1. The first kappa shape index (κ1) is 19.9. The minimum atomic E-state index is -3.14. The molecule has 130 valence electrons. The normalized spacial score (nSPS) is 18.3. The Labute approximate surface area is 144 Å². The van der Waals surface area contributed by atoms with Crippen molar-refractivity contribution in [3.8, 4) is 0 Å². The second-order valence-corrected chi connectivity index (χ2v) is 8.61. The lowest BCUT2D eigenvalue weighted by molar-refractivity contribution is -0.118. The monoisotopic (exact) mass is 360 g/mol. The van der Waals surface area contributed by atoms with Gasteiger partial charge in [-0.15, -0.1) is 12.4 Å². The van der Waals surface area contributed by atoms with Gasteiger partial charge in [0.05, 0.1) is 17.0 Å². The van der Waals surface area contributed by atoms with Crippen molar-refractivity contribution in [3.63, 3.8) is 0 Å². The van der Waals surface area contributed by atoms with E-state index >= 15 is 0 Å². The minimum Gasteiger partial charge on any atom is -0.325 e. The van der Waals surface area contributed by atoms with Crippen LogP contribution in [0, 0.1) is 0 Å². The molecule has 2 rings (SSSR count). The molecule has 0 radical (unpaired) electrons. The van der Waals surface area contributed by atoms with Gasteiger partial charge in [0.2, 0.25) is 5.91 Å². The van der Waals surface area contributed by atoms with Crippen LogP contribution in [-0.2, 0) is 20.4 Å². The summed E-state index contributed by atoms with van der Waals surface area (Å²) in [5.41, 5.74) is 1.34. The fraction of sp³-hybridized carbons (Fsp3) is 0.562. The molecule has 1 aliphatic rings. The number of piperidine rings is 1. The highest BCUT2D eigenvalue weighted by Crippen LogP contribution is 2.17. The highest BCUT2D eigenvalue weighted by atomic mass is 35.5. The minimum absolute atomic E-state index is 0. The Morgan fingerprint density at radius 1 is 1.35 bits per heavy atom. The van der Waals surface area contributed by atoms with E-state index in [0.29, 0.717) is 11.3 Å². The van der Waals surface area contributed by atoms with Crippen molar-refractivity contribution >= 4 is 33.8 Å². The predicted octanol–water partition coefficient (Wildman–Crippen LogP) is 2.51.